The molecular weight excluding hydrogens is 453 g/mol. The summed E-state index contributed by atoms with van der Waals surface area (Å²) in [6.45, 7) is 3.65. The fourth-order valence-corrected chi connectivity index (χ4v) is 5.10. The lowest BCUT2D eigenvalue weighted by Crippen LogP contribution is -2.55. The number of aliphatic hydroxyl groups excluding tert-OH is 1. The van der Waals surface area contributed by atoms with Gasteiger partial charge in [-0.25, -0.2) is 9.18 Å². The third-order valence-corrected chi connectivity index (χ3v) is 7.24. The molecule has 0 radical (unpaired) electrons. The minimum absolute atomic E-state index is 0.104. The van der Waals surface area contributed by atoms with E-state index in [2.05, 4.69) is 29.5 Å². The van der Waals surface area contributed by atoms with E-state index in [1.807, 2.05) is 0 Å². The number of halogens is 1. The van der Waals surface area contributed by atoms with Gasteiger partial charge in [0.05, 0.1) is 42.3 Å². The Morgan fingerprint density at radius 2 is 2.20 bits per heavy atom. The van der Waals surface area contributed by atoms with Gasteiger partial charge in [0.15, 0.2) is 0 Å². The Kier molecular flexibility index (Phi) is 7.73. The third kappa shape index (κ3) is 5.82. The molecule has 1 aromatic rings. The summed E-state index contributed by atoms with van der Waals surface area (Å²) in [6, 6.07) is 4.71. The van der Waals surface area contributed by atoms with Crippen molar-refractivity contribution in [1.29, 1.82) is 0 Å². The number of aliphatic hydroxyl groups is 1. The average Bonchev–Trinajstić information content (AvgIpc) is 3.49. The molecule has 194 valence electrons. The molecule has 1 saturated carbocycles. The Morgan fingerprint density at radius 1 is 1.43 bits per heavy atom. The molecule has 0 bridgehead atoms. The van der Waals surface area contributed by atoms with Crippen molar-refractivity contribution in [3.05, 3.63) is 35.9 Å². The maximum absolute atomic E-state index is 14.1. The Balaban J connectivity index is 1.18. The van der Waals surface area contributed by atoms with Crippen molar-refractivity contribution >= 4 is 17.5 Å². The van der Waals surface area contributed by atoms with Gasteiger partial charge in [-0.1, -0.05) is 0 Å². The highest BCUT2D eigenvalue weighted by Crippen LogP contribution is 2.49. The molecule has 1 aliphatic carbocycles. The van der Waals surface area contributed by atoms with E-state index in [9.17, 15) is 14.3 Å². The van der Waals surface area contributed by atoms with Crippen LogP contribution in [0.2, 0.25) is 0 Å². The van der Waals surface area contributed by atoms with Crippen LogP contribution < -0.4 is 21.3 Å². The molecule has 3 aliphatic rings. The Labute approximate surface area is 206 Å². The molecule has 4 rings (SSSR count). The van der Waals surface area contributed by atoms with Gasteiger partial charge in [-0.2, -0.15) is 0 Å². The Bertz CT molecular complexity index is 940. The molecule has 2 aliphatic heterocycles. The van der Waals surface area contributed by atoms with Crippen LogP contribution in [-0.2, 0) is 9.47 Å². The van der Waals surface area contributed by atoms with E-state index in [0.29, 0.717) is 36.6 Å². The number of ether oxygens (including phenoxy) is 2. The van der Waals surface area contributed by atoms with Crippen molar-refractivity contribution in [3.63, 3.8) is 0 Å². The van der Waals surface area contributed by atoms with Gasteiger partial charge >= 0.3 is 6.09 Å². The van der Waals surface area contributed by atoms with Crippen molar-refractivity contribution in [1.82, 2.24) is 10.2 Å². The van der Waals surface area contributed by atoms with Crippen LogP contribution in [0, 0.1) is 5.82 Å². The average molecular weight is 492 g/mol. The number of hydrogen-bond donors (Lipinski definition) is 4. The van der Waals surface area contributed by atoms with Gasteiger partial charge in [0.2, 0.25) is 0 Å². The van der Waals surface area contributed by atoms with Gasteiger partial charge in [-0.05, 0) is 70.8 Å². The zero-order valence-electron chi connectivity index (χ0n) is 20.8. The molecule has 1 amide bonds. The van der Waals surface area contributed by atoms with E-state index in [1.54, 1.807) is 25.4 Å². The second kappa shape index (κ2) is 10.6. The molecule has 2 saturated heterocycles. The van der Waals surface area contributed by atoms with Crippen LogP contribution in [0.15, 0.2) is 30.1 Å². The van der Waals surface area contributed by atoms with Crippen LogP contribution in [0.1, 0.15) is 39.0 Å². The number of nitrogens with zero attached hydrogens (tertiary/aromatic N) is 2. The highest BCUT2D eigenvalue weighted by atomic mass is 19.1. The number of likely N-dealkylation sites (N-methyl/N-ethyl adjacent to an activating group) is 1. The molecule has 9 nitrogen and oxygen atoms in total. The lowest BCUT2D eigenvalue weighted by atomic mass is 9.93. The monoisotopic (exact) mass is 491 g/mol. The molecule has 10 heteroatoms. The number of carbonyl (C=O) groups excluding carboxylic acids is 1. The van der Waals surface area contributed by atoms with Gasteiger partial charge in [-0.15, -0.1) is 0 Å². The predicted octanol–water partition coefficient (Wildman–Crippen LogP) is 2.37. The largest absolute Gasteiger partial charge is 0.442 e. The van der Waals surface area contributed by atoms with Crippen molar-refractivity contribution in [2.24, 2.45) is 5.73 Å². The first-order valence-electron chi connectivity index (χ1n) is 12.4. The van der Waals surface area contributed by atoms with Crippen molar-refractivity contribution in [2.45, 2.75) is 69.0 Å². The number of nitrogens with two attached hydrogens (primary N) is 1. The summed E-state index contributed by atoms with van der Waals surface area (Å²) in [4.78, 5) is 15.9. The van der Waals surface area contributed by atoms with Crippen LogP contribution in [0.25, 0.3) is 0 Å². The van der Waals surface area contributed by atoms with Crippen LogP contribution >= 0.6 is 0 Å². The van der Waals surface area contributed by atoms with E-state index >= 15 is 0 Å². The van der Waals surface area contributed by atoms with Crippen LogP contribution in [0.4, 0.5) is 20.6 Å². The van der Waals surface area contributed by atoms with Crippen LogP contribution in [0.5, 0.6) is 0 Å². The number of rotatable bonds is 10. The molecule has 1 aromatic carbocycles. The maximum Gasteiger partial charge on any atom is 0.414 e. The second-order valence-corrected chi connectivity index (χ2v) is 9.98. The zero-order chi connectivity index (χ0) is 25.2. The van der Waals surface area contributed by atoms with Gasteiger partial charge in [0, 0.05) is 25.0 Å². The number of nitrogens with one attached hydrogen (secondary N) is 2. The van der Waals surface area contributed by atoms with Crippen molar-refractivity contribution < 1.29 is 23.8 Å². The number of anilines is 2. The number of allylic oxidation sites excluding steroid dienone is 1. The fourth-order valence-electron chi connectivity index (χ4n) is 5.10. The summed E-state index contributed by atoms with van der Waals surface area (Å²) in [5.74, 6) is -0.423. The molecule has 2 heterocycles. The van der Waals surface area contributed by atoms with E-state index in [4.69, 9.17) is 15.2 Å². The number of hydrogen-bond acceptors (Lipinski definition) is 8. The first-order chi connectivity index (χ1) is 16.7. The van der Waals surface area contributed by atoms with Crippen molar-refractivity contribution in [3.8, 4) is 0 Å². The van der Waals surface area contributed by atoms with Crippen LogP contribution in [0.3, 0.4) is 0 Å². The first-order valence-corrected chi connectivity index (χ1v) is 12.4. The summed E-state index contributed by atoms with van der Waals surface area (Å²) in [5, 5.41) is 16.6. The lowest BCUT2D eigenvalue weighted by molar-refractivity contribution is -0.160. The Hall–Kier alpha value is -2.56. The molecule has 3 unspecified atom stereocenters. The number of carbonyl (C=O) groups is 1. The van der Waals surface area contributed by atoms with Gasteiger partial charge in [-0.3, -0.25) is 4.90 Å². The predicted molar refractivity (Wildman–Crippen MR) is 133 cm³/mol. The van der Waals surface area contributed by atoms with Crippen molar-refractivity contribution in [2.75, 3.05) is 43.9 Å². The summed E-state index contributed by atoms with van der Waals surface area (Å²) in [6.07, 6.45) is 4.91. The molecule has 4 atom stereocenters. The highest BCUT2D eigenvalue weighted by molar-refractivity contribution is 5.90. The standard InChI is InChI=1S/C25H38FN5O4/c1-16-11-22(23(32)25(35-16)8-9-25)30(3)10-4-5-17(27)13-29-14-19-15-31(24(33)34-19)18-6-7-21(28-2)20(26)12-18/h6-7,12-13,16,19,22-23,28-29,32H,4-5,8-11,14-15,27H2,1-3H3/b17-13-/t16?,19?,22-,23?/m0/s1. The summed E-state index contributed by atoms with van der Waals surface area (Å²) >= 11 is 0. The first kappa shape index (κ1) is 25.5. The molecule has 5 N–H and O–H groups in total. The topological polar surface area (TPSA) is 112 Å². The molecule has 0 aromatic heterocycles. The molecular formula is C25H38FN5O4. The lowest BCUT2D eigenvalue weighted by Gasteiger charge is -2.43. The minimum atomic E-state index is -0.494. The van der Waals surface area contributed by atoms with E-state index in [0.717, 1.165) is 32.2 Å². The summed E-state index contributed by atoms with van der Waals surface area (Å²) < 4.78 is 25.4. The quantitative estimate of drug-likeness (QED) is 0.395. The smallest absolute Gasteiger partial charge is 0.414 e. The Morgan fingerprint density at radius 3 is 2.89 bits per heavy atom. The molecule has 35 heavy (non-hydrogen) atoms. The van der Waals surface area contributed by atoms with Gasteiger partial charge in [0.25, 0.3) is 0 Å². The maximum atomic E-state index is 14.1. The normalized spacial score (nSPS) is 27.9. The zero-order valence-corrected chi connectivity index (χ0v) is 20.8. The van der Waals surface area contributed by atoms with E-state index in [-0.39, 0.29) is 23.9 Å². The fraction of sp³-hybridized carbons (Fsp3) is 0.640. The number of cyclic esters (lactones) is 1. The molecule has 1 spiro atoms. The summed E-state index contributed by atoms with van der Waals surface area (Å²) in [5.41, 5.74) is 7.39. The van der Waals surface area contributed by atoms with E-state index < -0.39 is 18.0 Å². The third-order valence-electron chi connectivity index (χ3n) is 7.24. The SMILES string of the molecule is CNc1ccc(N2CC(CN/C=C(\N)CCCN(C)[C@H]3CC(C)OC4(CC4)C3O)OC2=O)cc1F. The van der Waals surface area contributed by atoms with Crippen LogP contribution in [-0.4, -0.2) is 79.8 Å². The number of benzene rings is 1. The summed E-state index contributed by atoms with van der Waals surface area (Å²) in [7, 11) is 3.69. The van der Waals surface area contributed by atoms with E-state index in [1.165, 1.54) is 11.0 Å². The van der Waals surface area contributed by atoms with Gasteiger partial charge in [0.1, 0.15) is 11.9 Å². The minimum Gasteiger partial charge on any atom is -0.442 e. The van der Waals surface area contributed by atoms with Gasteiger partial charge < -0.3 is 35.8 Å². The number of amides is 1. The second-order valence-electron chi connectivity index (χ2n) is 9.98. The highest BCUT2D eigenvalue weighted by Gasteiger charge is 2.57. The molecule has 3 fully saturated rings.